The predicted molar refractivity (Wildman–Crippen MR) is 108 cm³/mol. The third-order valence-corrected chi connectivity index (χ3v) is 4.45. The Labute approximate surface area is 169 Å². The number of hydrogen-bond acceptors (Lipinski definition) is 6. The fourth-order valence-corrected chi connectivity index (χ4v) is 2.70. The summed E-state index contributed by atoms with van der Waals surface area (Å²) in [5.41, 5.74) is 1.77. The standard InChI is InChI=1S/C23H24N2O4/c1-14-10-12-16(13-11-14)19(26)17-8-6-7-9-18(17)21(27)28-15(2)20-24-22(25-29-20)23(3,4)5/h6-13,15H,1-5H3. The third-order valence-electron chi connectivity index (χ3n) is 4.45. The molecule has 3 aromatic rings. The Morgan fingerprint density at radius 3 is 2.21 bits per heavy atom. The maximum absolute atomic E-state index is 12.9. The minimum Gasteiger partial charge on any atom is -0.449 e. The zero-order chi connectivity index (χ0) is 21.2. The molecule has 0 radical (unpaired) electrons. The number of ketones is 1. The van der Waals surface area contributed by atoms with Crippen LogP contribution >= 0.6 is 0 Å². The Kier molecular flexibility index (Phi) is 5.64. The highest BCUT2D eigenvalue weighted by molar-refractivity contribution is 6.14. The zero-order valence-corrected chi connectivity index (χ0v) is 17.2. The molecular weight excluding hydrogens is 368 g/mol. The van der Waals surface area contributed by atoms with Crippen molar-refractivity contribution in [3.8, 4) is 0 Å². The van der Waals surface area contributed by atoms with Crippen LogP contribution in [-0.4, -0.2) is 21.9 Å². The van der Waals surface area contributed by atoms with Crippen LogP contribution in [0.1, 0.15) is 77.4 Å². The van der Waals surface area contributed by atoms with Crippen molar-refractivity contribution in [3.63, 3.8) is 0 Å². The Morgan fingerprint density at radius 2 is 1.62 bits per heavy atom. The van der Waals surface area contributed by atoms with Crippen LogP contribution in [0.2, 0.25) is 0 Å². The molecule has 0 amide bonds. The first-order valence-corrected chi connectivity index (χ1v) is 9.42. The number of benzene rings is 2. The lowest BCUT2D eigenvalue weighted by atomic mass is 9.96. The molecule has 0 saturated carbocycles. The molecule has 0 spiro atoms. The van der Waals surface area contributed by atoms with E-state index in [2.05, 4.69) is 10.1 Å². The molecule has 2 aromatic carbocycles. The number of nitrogens with zero attached hydrogens (tertiary/aromatic N) is 2. The second-order valence-electron chi connectivity index (χ2n) is 7.99. The van der Waals surface area contributed by atoms with Gasteiger partial charge in [0, 0.05) is 16.5 Å². The molecule has 6 nitrogen and oxygen atoms in total. The van der Waals surface area contributed by atoms with Crippen molar-refractivity contribution in [2.24, 2.45) is 0 Å². The highest BCUT2D eigenvalue weighted by Gasteiger charge is 2.26. The van der Waals surface area contributed by atoms with Gasteiger partial charge in [-0.15, -0.1) is 0 Å². The molecule has 0 N–H and O–H groups in total. The van der Waals surface area contributed by atoms with Gasteiger partial charge < -0.3 is 9.26 Å². The molecule has 1 unspecified atom stereocenters. The zero-order valence-electron chi connectivity index (χ0n) is 17.2. The van der Waals surface area contributed by atoms with E-state index in [1.807, 2.05) is 39.8 Å². The first-order valence-electron chi connectivity index (χ1n) is 9.42. The van der Waals surface area contributed by atoms with Gasteiger partial charge in [-0.25, -0.2) is 4.79 Å². The van der Waals surface area contributed by atoms with Gasteiger partial charge in [0.15, 0.2) is 17.7 Å². The predicted octanol–water partition coefficient (Wildman–Crippen LogP) is 4.82. The fraction of sp³-hybridized carbons (Fsp3) is 0.304. The number of carbonyl (C=O) groups is 2. The summed E-state index contributed by atoms with van der Waals surface area (Å²) in [7, 11) is 0. The average molecular weight is 392 g/mol. The molecule has 6 heteroatoms. The maximum atomic E-state index is 12.9. The van der Waals surface area contributed by atoms with Crippen molar-refractivity contribution in [1.82, 2.24) is 10.1 Å². The summed E-state index contributed by atoms with van der Waals surface area (Å²) in [6.45, 7) is 9.49. The normalized spacial score (nSPS) is 12.4. The van der Waals surface area contributed by atoms with Crippen molar-refractivity contribution >= 4 is 11.8 Å². The smallest absolute Gasteiger partial charge is 0.339 e. The van der Waals surface area contributed by atoms with Crippen LogP contribution in [0, 0.1) is 6.92 Å². The Morgan fingerprint density at radius 1 is 1.00 bits per heavy atom. The first-order chi connectivity index (χ1) is 13.7. The van der Waals surface area contributed by atoms with Crippen molar-refractivity contribution in [2.75, 3.05) is 0 Å². The third kappa shape index (κ3) is 4.59. The molecule has 29 heavy (non-hydrogen) atoms. The van der Waals surface area contributed by atoms with Gasteiger partial charge in [-0.3, -0.25) is 4.79 Å². The molecule has 1 aromatic heterocycles. The van der Waals surface area contributed by atoms with Gasteiger partial charge in [0.25, 0.3) is 5.89 Å². The van der Waals surface area contributed by atoms with Crippen LogP contribution in [0.4, 0.5) is 0 Å². The lowest BCUT2D eigenvalue weighted by Crippen LogP contribution is -2.16. The average Bonchev–Trinajstić information content (AvgIpc) is 3.19. The summed E-state index contributed by atoms with van der Waals surface area (Å²) in [4.78, 5) is 30.0. The van der Waals surface area contributed by atoms with Crippen LogP contribution in [-0.2, 0) is 10.2 Å². The molecule has 150 valence electrons. The first kappa shape index (κ1) is 20.5. The number of aryl methyl sites for hydroxylation is 1. The Hall–Kier alpha value is -3.28. The largest absolute Gasteiger partial charge is 0.449 e. The number of hydrogen-bond donors (Lipinski definition) is 0. The van der Waals surface area contributed by atoms with Crippen molar-refractivity contribution in [2.45, 2.75) is 46.1 Å². The number of aromatic nitrogens is 2. The van der Waals surface area contributed by atoms with E-state index >= 15 is 0 Å². The van der Waals surface area contributed by atoms with Crippen molar-refractivity contribution in [3.05, 3.63) is 82.5 Å². The van der Waals surface area contributed by atoms with Crippen molar-refractivity contribution in [1.29, 1.82) is 0 Å². The lowest BCUT2D eigenvalue weighted by molar-refractivity contribution is 0.0263. The van der Waals surface area contributed by atoms with E-state index in [1.54, 1.807) is 43.3 Å². The summed E-state index contributed by atoms with van der Waals surface area (Å²) < 4.78 is 10.7. The van der Waals surface area contributed by atoms with E-state index in [1.165, 1.54) is 0 Å². The summed E-state index contributed by atoms with van der Waals surface area (Å²) in [6, 6.07) is 13.8. The van der Waals surface area contributed by atoms with Gasteiger partial charge >= 0.3 is 5.97 Å². The van der Waals surface area contributed by atoms with Crippen LogP contribution in [0.25, 0.3) is 0 Å². The van der Waals surface area contributed by atoms with E-state index in [0.29, 0.717) is 11.4 Å². The highest BCUT2D eigenvalue weighted by Crippen LogP contribution is 2.24. The topological polar surface area (TPSA) is 82.3 Å². The van der Waals surface area contributed by atoms with Crippen molar-refractivity contribution < 1.29 is 18.8 Å². The number of carbonyl (C=O) groups excluding carboxylic acids is 2. The molecule has 0 bridgehead atoms. The van der Waals surface area contributed by atoms with Crippen LogP contribution in [0.3, 0.4) is 0 Å². The van der Waals surface area contributed by atoms with E-state index in [-0.39, 0.29) is 28.2 Å². The molecule has 0 aliphatic heterocycles. The second kappa shape index (κ2) is 7.99. The summed E-state index contributed by atoms with van der Waals surface area (Å²) in [6.07, 6.45) is -0.742. The summed E-state index contributed by atoms with van der Waals surface area (Å²) in [5.74, 6) is -0.113. The summed E-state index contributed by atoms with van der Waals surface area (Å²) >= 11 is 0. The quantitative estimate of drug-likeness (QED) is 0.457. The molecule has 1 atom stereocenters. The fourth-order valence-electron chi connectivity index (χ4n) is 2.70. The lowest BCUT2D eigenvalue weighted by Gasteiger charge is -2.13. The van der Waals surface area contributed by atoms with E-state index in [4.69, 9.17) is 9.26 Å². The minimum absolute atomic E-state index is 0.195. The molecule has 0 saturated heterocycles. The molecule has 1 heterocycles. The van der Waals surface area contributed by atoms with Gasteiger partial charge in [0.2, 0.25) is 0 Å². The molecule has 0 fully saturated rings. The van der Waals surface area contributed by atoms with Gasteiger partial charge in [0.05, 0.1) is 5.56 Å². The van der Waals surface area contributed by atoms with E-state index in [0.717, 1.165) is 5.56 Å². The molecule has 0 aliphatic carbocycles. The van der Waals surface area contributed by atoms with Crippen LogP contribution in [0.15, 0.2) is 53.1 Å². The number of ether oxygens (including phenoxy) is 1. The highest BCUT2D eigenvalue weighted by atomic mass is 16.6. The van der Waals surface area contributed by atoms with Crippen LogP contribution < -0.4 is 0 Å². The Bertz CT molecular complexity index is 1030. The van der Waals surface area contributed by atoms with Gasteiger partial charge in [-0.05, 0) is 19.9 Å². The molecular formula is C23H24N2O4. The van der Waals surface area contributed by atoms with Gasteiger partial charge in [-0.2, -0.15) is 4.98 Å². The minimum atomic E-state index is -0.742. The molecule has 0 aliphatic rings. The van der Waals surface area contributed by atoms with Crippen LogP contribution in [0.5, 0.6) is 0 Å². The van der Waals surface area contributed by atoms with E-state index < -0.39 is 12.1 Å². The van der Waals surface area contributed by atoms with Gasteiger partial charge in [0.1, 0.15) is 0 Å². The Balaban J connectivity index is 1.82. The second-order valence-corrected chi connectivity index (χ2v) is 7.99. The maximum Gasteiger partial charge on any atom is 0.339 e. The molecule has 3 rings (SSSR count). The SMILES string of the molecule is Cc1ccc(C(=O)c2ccccc2C(=O)OC(C)c2nc(C(C)(C)C)no2)cc1. The summed E-state index contributed by atoms with van der Waals surface area (Å²) in [5, 5.41) is 3.95. The monoisotopic (exact) mass is 392 g/mol. The number of esters is 1. The number of rotatable bonds is 5. The van der Waals surface area contributed by atoms with Gasteiger partial charge in [-0.1, -0.05) is 74.0 Å². The van der Waals surface area contributed by atoms with E-state index in [9.17, 15) is 9.59 Å².